The van der Waals surface area contributed by atoms with Crippen molar-refractivity contribution >= 4 is 23.0 Å². The lowest BCUT2D eigenvalue weighted by Crippen LogP contribution is -1.83. The number of hydrogen-bond acceptors (Lipinski definition) is 3. The smallest absolute Gasteiger partial charge is 0.174 e. The van der Waals surface area contributed by atoms with E-state index in [9.17, 15) is 0 Å². The highest BCUT2D eigenvalue weighted by atomic mass is 16.5. The summed E-state index contributed by atoms with van der Waals surface area (Å²) in [4.78, 5) is 8.41. The van der Waals surface area contributed by atoms with Gasteiger partial charge in [0, 0.05) is 11.6 Å². The SMILES string of the molecule is CCOC=Nc1ccc2ncccc2c1. The Hall–Kier alpha value is -1.90. The van der Waals surface area contributed by atoms with Crippen LogP contribution in [0.3, 0.4) is 0 Å². The van der Waals surface area contributed by atoms with E-state index in [0.717, 1.165) is 16.6 Å². The predicted molar refractivity (Wildman–Crippen MR) is 61.5 cm³/mol. The molecule has 0 spiro atoms. The monoisotopic (exact) mass is 200 g/mol. The van der Waals surface area contributed by atoms with Crippen molar-refractivity contribution in [3.05, 3.63) is 36.5 Å². The zero-order chi connectivity index (χ0) is 10.5. The van der Waals surface area contributed by atoms with Gasteiger partial charge in [-0.1, -0.05) is 6.07 Å². The summed E-state index contributed by atoms with van der Waals surface area (Å²) >= 11 is 0. The zero-order valence-corrected chi connectivity index (χ0v) is 8.55. The lowest BCUT2D eigenvalue weighted by molar-refractivity contribution is 0.344. The number of aromatic nitrogens is 1. The van der Waals surface area contributed by atoms with Gasteiger partial charge >= 0.3 is 0 Å². The average Bonchev–Trinajstić information content (AvgIpc) is 2.29. The first kappa shape index (κ1) is 9.65. The van der Waals surface area contributed by atoms with Crippen LogP contribution in [0.5, 0.6) is 0 Å². The normalized spacial score (nSPS) is 11.0. The third-order valence-electron chi connectivity index (χ3n) is 2.03. The molecule has 3 nitrogen and oxygen atoms in total. The summed E-state index contributed by atoms with van der Waals surface area (Å²) < 4.78 is 5.04. The number of benzene rings is 1. The van der Waals surface area contributed by atoms with Crippen molar-refractivity contribution in [1.82, 2.24) is 4.98 Å². The highest BCUT2D eigenvalue weighted by Gasteiger charge is 1.94. The van der Waals surface area contributed by atoms with Crippen LogP contribution >= 0.6 is 0 Å². The minimum absolute atomic E-state index is 0.638. The summed E-state index contributed by atoms with van der Waals surface area (Å²) in [5.74, 6) is 0. The van der Waals surface area contributed by atoms with Gasteiger partial charge in [0.2, 0.25) is 0 Å². The number of aliphatic imine (C=N–C) groups is 1. The Morgan fingerprint density at radius 3 is 3.20 bits per heavy atom. The fourth-order valence-electron chi connectivity index (χ4n) is 1.32. The zero-order valence-electron chi connectivity index (χ0n) is 8.55. The van der Waals surface area contributed by atoms with Crippen molar-refractivity contribution in [1.29, 1.82) is 0 Å². The number of hydrogen-bond donors (Lipinski definition) is 0. The molecule has 0 saturated carbocycles. The van der Waals surface area contributed by atoms with E-state index in [1.165, 1.54) is 6.40 Å². The van der Waals surface area contributed by atoms with Crippen LogP contribution in [0.15, 0.2) is 41.5 Å². The Balaban J connectivity index is 2.30. The van der Waals surface area contributed by atoms with E-state index in [-0.39, 0.29) is 0 Å². The fourth-order valence-corrected chi connectivity index (χ4v) is 1.32. The van der Waals surface area contributed by atoms with Crippen molar-refractivity contribution < 1.29 is 4.74 Å². The topological polar surface area (TPSA) is 34.5 Å². The van der Waals surface area contributed by atoms with Crippen molar-refractivity contribution in [2.45, 2.75) is 6.92 Å². The highest BCUT2D eigenvalue weighted by molar-refractivity contribution is 5.82. The number of fused-ring (bicyclic) bond motifs is 1. The lowest BCUT2D eigenvalue weighted by Gasteiger charge is -1.98. The molecule has 1 aromatic heterocycles. The van der Waals surface area contributed by atoms with Gasteiger partial charge in [0.25, 0.3) is 0 Å². The molecule has 0 N–H and O–H groups in total. The van der Waals surface area contributed by atoms with Crippen molar-refractivity contribution in [2.75, 3.05) is 6.61 Å². The molecule has 0 unspecified atom stereocenters. The van der Waals surface area contributed by atoms with Gasteiger partial charge in [-0.3, -0.25) is 4.98 Å². The molecular weight excluding hydrogens is 188 g/mol. The molecule has 0 saturated heterocycles. The first-order chi connectivity index (χ1) is 7.40. The van der Waals surface area contributed by atoms with E-state index >= 15 is 0 Å². The molecule has 0 radical (unpaired) electrons. The van der Waals surface area contributed by atoms with Crippen molar-refractivity contribution in [3.8, 4) is 0 Å². The number of nitrogens with zero attached hydrogens (tertiary/aromatic N) is 2. The predicted octanol–water partition coefficient (Wildman–Crippen LogP) is 2.93. The van der Waals surface area contributed by atoms with Crippen molar-refractivity contribution in [2.24, 2.45) is 4.99 Å². The van der Waals surface area contributed by atoms with Crippen LogP contribution in [0, 0.1) is 0 Å². The summed E-state index contributed by atoms with van der Waals surface area (Å²) in [6.45, 7) is 2.56. The summed E-state index contributed by atoms with van der Waals surface area (Å²) in [6, 6.07) is 9.79. The number of ether oxygens (including phenoxy) is 1. The molecule has 3 heteroatoms. The van der Waals surface area contributed by atoms with E-state index in [0.29, 0.717) is 6.61 Å². The number of rotatable bonds is 3. The minimum Gasteiger partial charge on any atom is -0.483 e. The molecule has 0 aliphatic heterocycles. The Bertz CT molecular complexity index is 480. The molecule has 1 aromatic carbocycles. The molecule has 0 aliphatic rings. The quantitative estimate of drug-likeness (QED) is 0.564. The molecule has 15 heavy (non-hydrogen) atoms. The van der Waals surface area contributed by atoms with Crippen LogP contribution in [0.2, 0.25) is 0 Å². The van der Waals surface area contributed by atoms with E-state index in [1.54, 1.807) is 6.20 Å². The van der Waals surface area contributed by atoms with Crippen LogP contribution in [-0.4, -0.2) is 18.0 Å². The minimum atomic E-state index is 0.638. The van der Waals surface area contributed by atoms with Gasteiger partial charge in [-0.15, -0.1) is 0 Å². The third-order valence-corrected chi connectivity index (χ3v) is 2.03. The molecule has 0 amide bonds. The Labute approximate surface area is 88.4 Å². The molecule has 2 rings (SSSR count). The van der Waals surface area contributed by atoms with E-state index in [2.05, 4.69) is 9.98 Å². The highest BCUT2D eigenvalue weighted by Crippen LogP contribution is 2.18. The molecule has 0 aliphatic carbocycles. The summed E-state index contributed by atoms with van der Waals surface area (Å²) in [7, 11) is 0. The summed E-state index contributed by atoms with van der Waals surface area (Å²) in [5.41, 5.74) is 1.86. The second-order valence-corrected chi connectivity index (χ2v) is 3.07. The summed E-state index contributed by atoms with van der Waals surface area (Å²) in [5, 5.41) is 1.09. The van der Waals surface area contributed by atoms with Gasteiger partial charge < -0.3 is 4.74 Å². The maximum absolute atomic E-state index is 5.04. The maximum Gasteiger partial charge on any atom is 0.174 e. The molecule has 0 fully saturated rings. The van der Waals surface area contributed by atoms with Crippen LogP contribution in [0.25, 0.3) is 10.9 Å². The van der Waals surface area contributed by atoms with Crippen LogP contribution < -0.4 is 0 Å². The van der Waals surface area contributed by atoms with E-state index in [1.807, 2.05) is 37.3 Å². The van der Waals surface area contributed by atoms with Gasteiger partial charge in [0.05, 0.1) is 17.8 Å². The second kappa shape index (κ2) is 4.55. The Morgan fingerprint density at radius 1 is 1.40 bits per heavy atom. The van der Waals surface area contributed by atoms with Crippen LogP contribution in [0.1, 0.15) is 6.92 Å². The molecular formula is C12H12N2O. The fraction of sp³-hybridized carbons (Fsp3) is 0.167. The van der Waals surface area contributed by atoms with Gasteiger partial charge in [-0.25, -0.2) is 4.99 Å². The second-order valence-electron chi connectivity index (χ2n) is 3.07. The van der Waals surface area contributed by atoms with Gasteiger partial charge in [-0.2, -0.15) is 0 Å². The van der Waals surface area contributed by atoms with Crippen LogP contribution in [0.4, 0.5) is 5.69 Å². The first-order valence-electron chi connectivity index (χ1n) is 4.89. The average molecular weight is 200 g/mol. The van der Waals surface area contributed by atoms with Crippen molar-refractivity contribution in [3.63, 3.8) is 0 Å². The van der Waals surface area contributed by atoms with Gasteiger partial charge in [0.1, 0.15) is 0 Å². The molecule has 1 heterocycles. The Kier molecular flexibility index (Phi) is 2.93. The third kappa shape index (κ3) is 2.31. The number of pyridine rings is 1. The Morgan fingerprint density at radius 2 is 2.33 bits per heavy atom. The maximum atomic E-state index is 5.04. The van der Waals surface area contributed by atoms with E-state index < -0.39 is 0 Å². The lowest BCUT2D eigenvalue weighted by atomic mass is 10.2. The molecule has 2 aromatic rings. The standard InChI is InChI=1S/C12H12N2O/c1-2-15-9-14-11-5-6-12-10(8-11)4-3-7-13-12/h3-9H,2H2,1H3. The van der Waals surface area contributed by atoms with Crippen LogP contribution in [-0.2, 0) is 4.74 Å². The molecule has 76 valence electrons. The largest absolute Gasteiger partial charge is 0.483 e. The first-order valence-corrected chi connectivity index (χ1v) is 4.89. The van der Waals surface area contributed by atoms with Gasteiger partial charge in [-0.05, 0) is 31.2 Å². The van der Waals surface area contributed by atoms with E-state index in [4.69, 9.17) is 4.74 Å². The van der Waals surface area contributed by atoms with Gasteiger partial charge in [0.15, 0.2) is 6.40 Å². The molecule has 0 bridgehead atoms. The summed E-state index contributed by atoms with van der Waals surface area (Å²) in [6.07, 6.45) is 3.25. The molecule has 0 atom stereocenters.